The SMILES string of the molecule is CC/C=C\C/C=C\C/C=C\C/C=C\C/C=C\C/C=C\C/C=C\C/C=C\C/C=C\C/C=C\C/C=C\CCCCCC(=O)NC(CO)C(O)/C=C/CC/C=C/CCCCCCCCCCCCCCCCCCCCCCCCCCC. The molecule has 4 nitrogen and oxygen atoms in total. The van der Waals surface area contributed by atoms with Gasteiger partial charge in [-0.1, -0.05) is 332 Å². The van der Waals surface area contributed by atoms with Gasteiger partial charge in [0, 0.05) is 6.42 Å². The lowest BCUT2D eigenvalue weighted by Gasteiger charge is -2.19. The largest absolute Gasteiger partial charge is 0.394 e. The maximum absolute atomic E-state index is 12.5. The maximum Gasteiger partial charge on any atom is 0.220 e. The fourth-order valence-electron chi connectivity index (χ4n) is 9.44. The molecule has 0 radical (unpaired) electrons. The van der Waals surface area contributed by atoms with E-state index in [1.807, 2.05) is 6.08 Å². The van der Waals surface area contributed by atoms with Crippen LogP contribution in [0.4, 0.5) is 0 Å². The molecule has 0 aromatic carbocycles. The highest BCUT2D eigenvalue weighted by molar-refractivity contribution is 5.76. The van der Waals surface area contributed by atoms with Crippen LogP contribution in [0.5, 0.6) is 0 Å². The van der Waals surface area contributed by atoms with Gasteiger partial charge in [-0.15, -0.1) is 0 Å². The van der Waals surface area contributed by atoms with E-state index >= 15 is 0 Å². The van der Waals surface area contributed by atoms with Crippen LogP contribution in [0.15, 0.2) is 158 Å². The van der Waals surface area contributed by atoms with Crippen LogP contribution in [0, 0.1) is 0 Å². The van der Waals surface area contributed by atoms with E-state index in [4.69, 9.17) is 0 Å². The summed E-state index contributed by atoms with van der Waals surface area (Å²) in [6, 6.07) is -0.671. The zero-order chi connectivity index (χ0) is 57.6. The van der Waals surface area contributed by atoms with E-state index in [1.54, 1.807) is 6.08 Å². The molecule has 0 heterocycles. The molecular formula is C76H127NO3. The highest BCUT2D eigenvalue weighted by Crippen LogP contribution is 2.17. The number of hydrogen-bond acceptors (Lipinski definition) is 3. The minimum Gasteiger partial charge on any atom is -0.394 e. The molecule has 0 saturated heterocycles. The number of aliphatic hydroxyl groups is 2. The summed E-state index contributed by atoms with van der Waals surface area (Å²) in [5.41, 5.74) is 0. The summed E-state index contributed by atoms with van der Waals surface area (Å²) in [6.07, 6.45) is 110. The van der Waals surface area contributed by atoms with E-state index in [9.17, 15) is 15.0 Å². The second-order valence-corrected chi connectivity index (χ2v) is 22.1. The molecule has 4 heteroatoms. The monoisotopic (exact) mass is 1100 g/mol. The van der Waals surface area contributed by atoms with Crippen molar-refractivity contribution < 1.29 is 15.0 Å². The van der Waals surface area contributed by atoms with Crippen LogP contribution >= 0.6 is 0 Å². The number of carbonyl (C=O) groups is 1. The Morgan fingerprint density at radius 1 is 0.312 bits per heavy atom. The van der Waals surface area contributed by atoms with Gasteiger partial charge in [-0.3, -0.25) is 4.79 Å². The Hall–Kier alpha value is -3.99. The van der Waals surface area contributed by atoms with Crippen molar-refractivity contribution in [3.05, 3.63) is 158 Å². The van der Waals surface area contributed by atoms with Gasteiger partial charge in [0.1, 0.15) is 0 Å². The summed E-state index contributed by atoms with van der Waals surface area (Å²) in [5.74, 6) is -0.110. The van der Waals surface area contributed by atoms with E-state index in [2.05, 4.69) is 165 Å². The predicted molar refractivity (Wildman–Crippen MR) is 358 cm³/mol. The van der Waals surface area contributed by atoms with Gasteiger partial charge in [0.15, 0.2) is 0 Å². The first kappa shape index (κ1) is 76.0. The number of nitrogens with one attached hydrogen (secondary N) is 1. The molecule has 0 aromatic rings. The smallest absolute Gasteiger partial charge is 0.220 e. The molecule has 454 valence electrons. The molecule has 2 unspecified atom stereocenters. The van der Waals surface area contributed by atoms with Gasteiger partial charge in [0.05, 0.1) is 18.8 Å². The van der Waals surface area contributed by atoms with Crippen molar-refractivity contribution in [2.75, 3.05) is 6.61 Å². The Kier molecular flexibility index (Phi) is 65.8. The van der Waals surface area contributed by atoms with Gasteiger partial charge >= 0.3 is 0 Å². The fraction of sp³-hybridized carbons (Fsp3) is 0.645. The molecule has 0 fully saturated rings. The number of aliphatic hydroxyl groups excluding tert-OH is 2. The molecule has 2 atom stereocenters. The van der Waals surface area contributed by atoms with Crippen molar-refractivity contribution >= 4 is 5.91 Å². The van der Waals surface area contributed by atoms with Crippen LogP contribution in [0.1, 0.15) is 296 Å². The zero-order valence-electron chi connectivity index (χ0n) is 52.3. The average Bonchev–Trinajstić information content (AvgIpc) is 3.46. The molecule has 1 amide bonds. The minimum absolute atomic E-state index is 0.110. The van der Waals surface area contributed by atoms with E-state index in [1.165, 1.54) is 161 Å². The quantitative estimate of drug-likeness (QED) is 0.0420. The molecule has 0 aromatic heterocycles. The number of allylic oxidation sites excluding steroid dienone is 25. The number of amides is 1. The summed E-state index contributed by atoms with van der Waals surface area (Å²) in [4.78, 5) is 12.5. The lowest BCUT2D eigenvalue weighted by molar-refractivity contribution is -0.123. The molecule has 3 N–H and O–H groups in total. The van der Waals surface area contributed by atoms with Crippen molar-refractivity contribution in [2.45, 2.75) is 309 Å². The van der Waals surface area contributed by atoms with Gasteiger partial charge in [0.2, 0.25) is 5.91 Å². The van der Waals surface area contributed by atoms with E-state index in [0.717, 1.165) is 116 Å². The van der Waals surface area contributed by atoms with Crippen molar-refractivity contribution in [3.63, 3.8) is 0 Å². The summed E-state index contributed by atoms with van der Waals surface area (Å²) < 4.78 is 0. The summed E-state index contributed by atoms with van der Waals surface area (Å²) in [7, 11) is 0. The Bertz CT molecular complexity index is 1680. The fourth-order valence-corrected chi connectivity index (χ4v) is 9.44. The number of carbonyl (C=O) groups excluding carboxylic acids is 1. The number of unbranched alkanes of at least 4 members (excludes halogenated alkanes) is 29. The third kappa shape index (κ3) is 64.8. The van der Waals surface area contributed by atoms with Crippen LogP contribution in [0.25, 0.3) is 0 Å². The Morgan fingerprint density at radius 2 is 0.562 bits per heavy atom. The van der Waals surface area contributed by atoms with E-state index < -0.39 is 12.1 Å². The Morgan fingerprint density at radius 3 is 0.875 bits per heavy atom. The first-order valence-electron chi connectivity index (χ1n) is 33.7. The standard InChI is InChI=1S/C76H127NO3/c1-3-5-7-9-11-13-15-17-19-21-23-25-27-29-31-33-35-36-37-38-39-40-42-44-46-48-50-52-54-56-58-60-62-64-66-68-70-72-76(80)77-74(73-78)75(79)71-69-67-65-63-61-59-57-55-53-51-49-47-45-43-41-34-32-30-28-26-24-22-20-18-16-14-12-10-8-6-4-2/h5,7,11,13,17,19,23,25,29,31,35-36,38-39,42,44,48,50,54,56,60-63,69,71,74-75,78-79H,3-4,6,8-10,12,14-16,18,20-22,24,26-28,30,32-34,37,40-41,43,45-47,49,51-53,55,57-59,64-68,70,72-73H2,1-2H3,(H,77,80)/b7-5-,13-11-,19-17-,25-23-,31-29-,36-35-,39-38-,44-42-,50-48-,56-54-,62-60-,63-61+,71-69+. The lowest BCUT2D eigenvalue weighted by Crippen LogP contribution is -2.45. The third-order valence-electron chi connectivity index (χ3n) is 14.5. The van der Waals surface area contributed by atoms with Crippen molar-refractivity contribution in [3.8, 4) is 0 Å². The van der Waals surface area contributed by atoms with E-state index in [-0.39, 0.29) is 12.5 Å². The highest BCUT2D eigenvalue weighted by atomic mass is 16.3. The molecule has 0 aliphatic rings. The zero-order valence-corrected chi connectivity index (χ0v) is 52.3. The topological polar surface area (TPSA) is 69.6 Å². The molecule has 0 aliphatic heterocycles. The predicted octanol–water partition coefficient (Wildman–Crippen LogP) is 23.3. The van der Waals surface area contributed by atoms with Crippen molar-refractivity contribution in [1.29, 1.82) is 0 Å². The number of rotatable bonds is 60. The van der Waals surface area contributed by atoms with Gasteiger partial charge in [-0.05, 0) is 116 Å². The molecule has 0 bridgehead atoms. The first-order chi connectivity index (χ1) is 39.7. The third-order valence-corrected chi connectivity index (χ3v) is 14.5. The van der Waals surface area contributed by atoms with Crippen LogP contribution in [-0.4, -0.2) is 34.9 Å². The van der Waals surface area contributed by atoms with Crippen LogP contribution < -0.4 is 5.32 Å². The molecular weight excluding hydrogens is 975 g/mol. The number of hydrogen-bond donors (Lipinski definition) is 3. The molecule has 0 saturated carbocycles. The summed E-state index contributed by atoms with van der Waals surface area (Å²) in [5, 5.41) is 23.2. The minimum atomic E-state index is -0.891. The second-order valence-electron chi connectivity index (χ2n) is 22.1. The molecule has 80 heavy (non-hydrogen) atoms. The summed E-state index contributed by atoms with van der Waals surface area (Å²) >= 11 is 0. The van der Waals surface area contributed by atoms with Gasteiger partial charge in [0.25, 0.3) is 0 Å². The average molecular weight is 1100 g/mol. The normalized spacial score (nSPS) is 13.8. The highest BCUT2D eigenvalue weighted by Gasteiger charge is 2.18. The lowest BCUT2D eigenvalue weighted by atomic mass is 10.0. The second kappa shape index (κ2) is 69.3. The van der Waals surface area contributed by atoms with Gasteiger partial charge in [-0.2, -0.15) is 0 Å². The van der Waals surface area contributed by atoms with E-state index in [0.29, 0.717) is 6.42 Å². The van der Waals surface area contributed by atoms with Gasteiger partial charge < -0.3 is 15.5 Å². The van der Waals surface area contributed by atoms with Crippen molar-refractivity contribution in [1.82, 2.24) is 5.32 Å². The molecule has 0 spiro atoms. The maximum atomic E-state index is 12.5. The van der Waals surface area contributed by atoms with Gasteiger partial charge in [-0.25, -0.2) is 0 Å². The van der Waals surface area contributed by atoms with Crippen LogP contribution in [0.3, 0.4) is 0 Å². The molecule has 0 aliphatic carbocycles. The van der Waals surface area contributed by atoms with Crippen LogP contribution in [-0.2, 0) is 4.79 Å². The van der Waals surface area contributed by atoms with Crippen molar-refractivity contribution in [2.24, 2.45) is 0 Å². The Balaban J connectivity index is 3.66. The first-order valence-corrected chi connectivity index (χ1v) is 33.7. The molecule has 0 rings (SSSR count). The van der Waals surface area contributed by atoms with Crippen LogP contribution in [0.2, 0.25) is 0 Å². The summed E-state index contributed by atoms with van der Waals surface area (Å²) in [6.45, 7) is 4.18. The Labute approximate surface area is 496 Å².